The van der Waals surface area contributed by atoms with Crippen LogP contribution in [0.3, 0.4) is 0 Å². The number of carbonyl (C=O) groups excluding carboxylic acids is 2. The Morgan fingerprint density at radius 1 is 1.34 bits per heavy atom. The van der Waals surface area contributed by atoms with Crippen molar-refractivity contribution < 1.29 is 29.3 Å². The van der Waals surface area contributed by atoms with Crippen LogP contribution in [0.2, 0.25) is 0 Å². The monoisotopic (exact) mass is 413 g/mol. The van der Waals surface area contributed by atoms with Gasteiger partial charge in [-0.3, -0.25) is 4.79 Å². The molecule has 3 aliphatic heterocycles. The lowest BCUT2D eigenvalue weighted by atomic mass is 9.87. The van der Waals surface area contributed by atoms with E-state index in [-0.39, 0.29) is 31.5 Å². The van der Waals surface area contributed by atoms with Crippen molar-refractivity contribution in [3.05, 3.63) is 0 Å². The van der Waals surface area contributed by atoms with Gasteiger partial charge in [-0.2, -0.15) is 0 Å². The predicted molar refractivity (Wildman–Crippen MR) is 100 cm³/mol. The van der Waals surface area contributed by atoms with E-state index in [1.165, 1.54) is 4.90 Å². The van der Waals surface area contributed by atoms with Gasteiger partial charge in [0.05, 0.1) is 6.61 Å². The van der Waals surface area contributed by atoms with Crippen LogP contribution in [-0.4, -0.2) is 89.4 Å². The molecule has 2 unspecified atom stereocenters. The predicted octanol–water partition coefficient (Wildman–Crippen LogP) is -2.88. The van der Waals surface area contributed by atoms with Crippen LogP contribution in [0.25, 0.3) is 0 Å². The molecule has 1 fully saturated rings. The molecular weight excluding hydrogens is 386 g/mol. The number of nitrogens with one attached hydrogen (secondary N) is 2. The van der Waals surface area contributed by atoms with Crippen molar-refractivity contribution in [3.63, 3.8) is 0 Å². The summed E-state index contributed by atoms with van der Waals surface area (Å²) >= 11 is 0. The summed E-state index contributed by atoms with van der Waals surface area (Å²) in [6, 6.07) is -1.53. The molecule has 3 aliphatic rings. The second-order valence-electron chi connectivity index (χ2n) is 7.18. The third-order valence-electron chi connectivity index (χ3n) is 5.35. The molecule has 1 saturated heterocycles. The lowest BCUT2D eigenvalue weighted by molar-refractivity contribution is -0.221. The summed E-state index contributed by atoms with van der Waals surface area (Å²) in [4.78, 5) is 32.1. The standard InChI is InChI=1S/C16H27N7O6/c17-12-21-11-10(8-29-14(25)19-5-2-1-3-7-28-9-24)20-13(18)23-6-4-15(26,27)16(11,23)22-12/h9-11,26-27H,1-8H2,(H2,18,20)(H,19,25)(H3,17,21,22)/t10?,11-,16?/m0/s1. The number of nitrogens with two attached hydrogens (primary N) is 2. The second kappa shape index (κ2) is 8.29. The minimum atomic E-state index is -2.14. The summed E-state index contributed by atoms with van der Waals surface area (Å²) in [6.45, 7) is 1.26. The fourth-order valence-electron chi connectivity index (χ4n) is 4.00. The molecule has 3 atom stereocenters. The Hall–Kier alpha value is -2.80. The first-order valence-electron chi connectivity index (χ1n) is 9.45. The Kier molecular flexibility index (Phi) is 5.98. The van der Waals surface area contributed by atoms with Crippen molar-refractivity contribution in [2.75, 3.05) is 26.3 Å². The summed E-state index contributed by atoms with van der Waals surface area (Å²) in [5.74, 6) is -2.01. The number of hydrogen-bond donors (Lipinski definition) is 6. The van der Waals surface area contributed by atoms with E-state index in [9.17, 15) is 19.8 Å². The van der Waals surface area contributed by atoms with Gasteiger partial charge in [-0.05, 0) is 19.3 Å². The molecule has 0 radical (unpaired) electrons. The summed E-state index contributed by atoms with van der Waals surface area (Å²) in [7, 11) is 0. The number of unbranched alkanes of at least 4 members (excludes halogenated alkanes) is 2. The maximum absolute atomic E-state index is 11.9. The van der Waals surface area contributed by atoms with Crippen LogP contribution in [0.1, 0.15) is 25.7 Å². The number of aliphatic hydroxyl groups is 2. The average Bonchev–Trinajstić information content (AvgIpc) is 3.16. The van der Waals surface area contributed by atoms with E-state index in [0.29, 0.717) is 32.5 Å². The Morgan fingerprint density at radius 2 is 2.14 bits per heavy atom. The number of guanidine groups is 2. The van der Waals surface area contributed by atoms with Crippen molar-refractivity contribution >= 4 is 24.5 Å². The second-order valence-corrected chi connectivity index (χ2v) is 7.18. The van der Waals surface area contributed by atoms with Crippen LogP contribution in [0.5, 0.6) is 0 Å². The first kappa shape index (κ1) is 20.9. The molecule has 13 heteroatoms. The van der Waals surface area contributed by atoms with Crippen molar-refractivity contribution in [2.24, 2.45) is 21.5 Å². The number of alkyl carbamates (subject to hydrolysis) is 1. The number of amides is 1. The minimum Gasteiger partial charge on any atom is -0.468 e. The van der Waals surface area contributed by atoms with Crippen molar-refractivity contribution in [3.8, 4) is 0 Å². The molecule has 0 saturated carbocycles. The zero-order valence-electron chi connectivity index (χ0n) is 15.9. The number of aliphatic imine (C=N–C) groups is 2. The van der Waals surface area contributed by atoms with Gasteiger partial charge in [0.2, 0.25) is 5.79 Å². The van der Waals surface area contributed by atoms with Crippen LogP contribution < -0.4 is 22.1 Å². The average molecular weight is 413 g/mol. The minimum absolute atomic E-state index is 0.0292. The van der Waals surface area contributed by atoms with E-state index in [1.54, 1.807) is 0 Å². The fraction of sp³-hybridized carbons (Fsp3) is 0.750. The Balaban J connectivity index is 1.53. The Morgan fingerprint density at radius 3 is 2.90 bits per heavy atom. The number of nitrogens with zero attached hydrogens (tertiary/aromatic N) is 3. The normalized spacial score (nSPS) is 29.1. The SMILES string of the molecule is NC1=N[C@H]2C(COC(=O)NCCCCCOC=O)N=C(N)N3CCC(O)(O)C23N1. The number of rotatable bonds is 9. The fourth-order valence-corrected chi connectivity index (χ4v) is 4.00. The number of hydrogen-bond acceptors (Lipinski definition) is 12. The maximum Gasteiger partial charge on any atom is 0.407 e. The topological polar surface area (TPSA) is 197 Å². The summed E-state index contributed by atoms with van der Waals surface area (Å²) in [5.41, 5.74) is 10.4. The van der Waals surface area contributed by atoms with Crippen molar-refractivity contribution in [2.45, 2.75) is 49.2 Å². The smallest absolute Gasteiger partial charge is 0.407 e. The summed E-state index contributed by atoms with van der Waals surface area (Å²) in [6.07, 6.45) is 1.60. The molecule has 1 amide bonds. The zero-order valence-corrected chi connectivity index (χ0v) is 15.9. The molecule has 0 aromatic carbocycles. The van der Waals surface area contributed by atoms with E-state index in [2.05, 4.69) is 25.4 Å². The summed E-state index contributed by atoms with van der Waals surface area (Å²) in [5, 5.41) is 26.6. The molecule has 0 aromatic heterocycles. The Bertz CT molecular complexity index is 699. The van der Waals surface area contributed by atoms with Gasteiger partial charge in [0.1, 0.15) is 18.7 Å². The molecule has 8 N–H and O–H groups in total. The van der Waals surface area contributed by atoms with Gasteiger partial charge >= 0.3 is 6.09 Å². The highest BCUT2D eigenvalue weighted by atomic mass is 16.5. The number of carbonyl (C=O) groups is 2. The molecule has 29 heavy (non-hydrogen) atoms. The van der Waals surface area contributed by atoms with Gasteiger partial charge in [0.15, 0.2) is 17.6 Å². The highest BCUT2D eigenvalue weighted by Crippen LogP contribution is 2.44. The molecule has 0 aliphatic carbocycles. The van der Waals surface area contributed by atoms with Gasteiger partial charge in [0, 0.05) is 19.5 Å². The van der Waals surface area contributed by atoms with Gasteiger partial charge in [-0.15, -0.1) is 0 Å². The third-order valence-corrected chi connectivity index (χ3v) is 5.35. The summed E-state index contributed by atoms with van der Waals surface area (Å²) < 4.78 is 9.81. The molecule has 0 bridgehead atoms. The van der Waals surface area contributed by atoms with E-state index in [1.807, 2.05) is 0 Å². The first-order valence-corrected chi connectivity index (χ1v) is 9.45. The molecule has 13 nitrogen and oxygen atoms in total. The molecular formula is C16H27N7O6. The van der Waals surface area contributed by atoms with Crippen molar-refractivity contribution in [1.82, 2.24) is 15.5 Å². The third kappa shape index (κ3) is 3.87. The van der Waals surface area contributed by atoms with Gasteiger partial charge in [0.25, 0.3) is 6.47 Å². The molecule has 0 aromatic rings. The zero-order chi connectivity index (χ0) is 21.1. The molecule has 3 rings (SSSR count). The molecule has 1 spiro atoms. The lowest BCUT2D eigenvalue weighted by Crippen LogP contribution is -2.76. The van der Waals surface area contributed by atoms with Crippen LogP contribution in [0.4, 0.5) is 4.79 Å². The van der Waals surface area contributed by atoms with E-state index in [4.69, 9.17) is 16.2 Å². The van der Waals surface area contributed by atoms with Crippen molar-refractivity contribution in [1.29, 1.82) is 0 Å². The van der Waals surface area contributed by atoms with Gasteiger partial charge in [-0.1, -0.05) is 0 Å². The first-order chi connectivity index (χ1) is 13.8. The van der Waals surface area contributed by atoms with Crippen LogP contribution in [0.15, 0.2) is 9.98 Å². The van der Waals surface area contributed by atoms with E-state index < -0.39 is 29.6 Å². The van der Waals surface area contributed by atoms with Crippen LogP contribution in [0, 0.1) is 0 Å². The maximum atomic E-state index is 11.9. The number of ether oxygens (including phenoxy) is 2. The van der Waals surface area contributed by atoms with E-state index in [0.717, 1.165) is 6.42 Å². The molecule has 162 valence electrons. The Labute approximate surface area is 167 Å². The van der Waals surface area contributed by atoms with Crippen LogP contribution in [-0.2, 0) is 14.3 Å². The highest BCUT2D eigenvalue weighted by molar-refractivity contribution is 5.87. The van der Waals surface area contributed by atoms with Crippen LogP contribution >= 0.6 is 0 Å². The van der Waals surface area contributed by atoms with E-state index >= 15 is 0 Å². The van der Waals surface area contributed by atoms with Gasteiger partial charge in [-0.25, -0.2) is 14.8 Å². The molecule has 3 heterocycles. The van der Waals surface area contributed by atoms with Gasteiger partial charge < -0.3 is 46.7 Å². The quantitative estimate of drug-likeness (QED) is 0.130. The largest absolute Gasteiger partial charge is 0.468 e. The lowest BCUT2D eigenvalue weighted by Gasteiger charge is -2.48. The highest BCUT2D eigenvalue weighted by Gasteiger charge is 2.69.